The van der Waals surface area contributed by atoms with Crippen molar-refractivity contribution in [3.05, 3.63) is 34.9 Å². The Morgan fingerprint density at radius 1 is 1.25 bits per heavy atom. The molecule has 0 bridgehead atoms. The van der Waals surface area contributed by atoms with E-state index in [1.54, 1.807) is 7.11 Å². The second-order valence-electron chi connectivity index (χ2n) is 4.66. The maximum Gasteiger partial charge on any atom is 0.0793 e. The van der Waals surface area contributed by atoms with Crippen LogP contribution >= 0.6 is 0 Å². The van der Waals surface area contributed by atoms with E-state index >= 15 is 0 Å². The Kier molecular flexibility index (Phi) is 4.97. The molecule has 2 heteroatoms. The number of rotatable bonds is 5. The number of methoxy groups -OCH3 is 1. The molecule has 0 amide bonds. The molecule has 0 aromatic heterocycles. The lowest BCUT2D eigenvalue weighted by molar-refractivity contribution is 0.102. The predicted molar refractivity (Wildman–Crippen MR) is 66.5 cm³/mol. The molecule has 2 unspecified atom stereocenters. The molecule has 2 atom stereocenters. The summed E-state index contributed by atoms with van der Waals surface area (Å²) in [6.45, 7) is 6.94. The molecule has 0 aliphatic carbocycles. The van der Waals surface area contributed by atoms with E-state index < -0.39 is 0 Å². The Bertz CT molecular complexity index is 334. The smallest absolute Gasteiger partial charge is 0.0793 e. The summed E-state index contributed by atoms with van der Waals surface area (Å²) in [5, 5.41) is 10.1. The summed E-state index contributed by atoms with van der Waals surface area (Å²) >= 11 is 0. The van der Waals surface area contributed by atoms with Gasteiger partial charge in [-0.25, -0.2) is 0 Å². The second kappa shape index (κ2) is 6.02. The third-order valence-corrected chi connectivity index (χ3v) is 2.99. The minimum Gasteiger partial charge on any atom is -0.388 e. The minimum atomic E-state index is -0.385. The van der Waals surface area contributed by atoms with Crippen molar-refractivity contribution in [3.63, 3.8) is 0 Å². The van der Waals surface area contributed by atoms with Gasteiger partial charge >= 0.3 is 0 Å². The zero-order valence-electron chi connectivity index (χ0n) is 10.7. The van der Waals surface area contributed by atoms with Gasteiger partial charge in [0.25, 0.3) is 0 Å². The number of aliphatic hydroxyl groups excluding tert-OH is 1. The van der Waals surface area contributed by atoms with Crippen LogP contribution in [0.25, 0.3) is 0 Å². The Hall–Kier alpha value is -0.860. The molecule has 0 heterocycles. The van der Waals surface area contributed by atoms with Crippen molar-refractivity contribution in [1.29, 1.82) is 0 Å². The van der Waals surface area contributed by atoms with Crippen LogP contribution in [0.1, 0.15) is 36.1 Å². The molecule has 0 spiro atoms. The first-order chi connectivity index (χ1) is 7.54. The van der Waals surface area contributed by atoms with E-state index in [-0.39, 0.29) is 6.10 Å². The molecule has 0 aliphatic rings. The SMILES string of the molecule is COCC(C)CC(O)c1ccc(C)c(C)c1. The highest BCUT2D eigenvalue weighted by atomic mass is 16.5. The normalized spacial score (nSPS) is 14.8. The summed E-state index contributed by atoms with van der Waals surface area (Å²) in [4.78, 5) is 0. The van der Waals surface area contributed by atoms with Crippen molar-refractivity contribution in [3.8, 4) is 0 Å². The van der Waals surface area contributed by atoms with Gasteiger partial charge in [0.05, 0.1) is 6.10 Å². The topological polar surface area (TPSA) is 29.5 Å². The first-order valence-corrected chi connectivity index (χ1v) is 5.78. The van der Waals surface area contributed by atoms with Crippen LogP contribution in [0, 0.1) is 19.8 Å². The van der Waals surface area contributed by atoms with Crippen LogP contribution < -0.4 is 0 Å². The molecule has 1 aromatic carbocycles. The zero-order chi connectivity index (χ0) is 12.1. The zero-order valence-corrected chi connectivity index (χ0v) is 10.7. The average Bonchev–Trinajstić information content (AvgIpc) is 2.22. The lowest BCUT2D eigenvalue weighted by Gasteiger charge is -2.17. The molecular weight excluding hydrogens is 200 g/mol. The van der Waals surface area contributed by atoms with E-state index in [1.165, 1.54) is 11.1 Å². The third kappa shape index (κ3) is 3.62. The molecule has 0 aliphatic heterocycles. The highest BCUT2D eigenvalue weighted by molar-refractivity contribution is 5.31. The van der Waals surface area contributed by atoms with Crippen molar-refractivity contribution in [2.45, 2.75) is 33.3 Å². The van der Waals surface area contributed by atoms with Gasteiger partial charge in [0.1, 0.15) is 0 Å². The summed E-state index contributed by atoms with van der Waals surface area (Å²) in [5.74, 6) is 0.376. The minimum absolute atomic E-state index is 0.376. The highest BCUT2D eigenvalue weighted by Gasteiger charge is 2.12. The summed E-state index contributed by atoms with van der Waals surface area (Å²) in [6, 6.07) is 6.14. The average molecular weight is 222 g/mol. The quantitative estimate of drug-likeness (QED) is 0.830. The maximum atomic E-state index is 10.1. The third-order valence-electron chi connectivity index (χ3n) is 2.99. The fraction of sp³-hybridized carbons (Fsp3) is 0.571. The van der Waals surface area contributed by atoms with Crippen molar-refractivity contribution < 1.29 is 9.84 Å². The summed E-state index contributed by atoms with van der Waals surface area (Å²) in [5.41, 5.74) is 3.50. The molecule has 0 fully saturated rings. The van der Waals surface area contributed by atoms with Crippen LogP contribution in [0.5, 0.6) is 0 Å². The lowest BCUT2D eigenvalue weighted by atomic mass is 9.96. The van der Waals surface area contributed by atoms with Crippen molar-refractivity contribution >= 4 is 0 Å². The van der Waals surface area contributed by atoms with Crippen molar-refractivity contribution in [2.24, 2.45) is 5.92 Å². The lowest BCUT2D eigenvalue weighted by Crippen LogP contribution is -2.09. The van der Waals surface area contributed by atoms with Gasteiger partial charge in [-0.3, -0.25) is 0 Å². The van der Waals surface area contributed by atoms with E-state index in [0.717, 1.165) is 12.0 Å². The molecule has 1 aromatic rings. The maximum absolute atomic E-state index is 10.1. The molecular formula is C14H22O2. The Morgan fingerprint density at radius 2 is 1.94 bits per heavy atom. The Labute approximate surface area is 98.3 Å². The van der Waals surface area contributed by atoms with Crippen LogP contribution in [0.4, 0.5) is 0 Å². The number of benzene rings is 1. The number of aryl methyl sites for hydroxylation is 2. The van der Waals surface area contributed by atoms with Crippen molar-refractivity contribution in [2.75, 3.05) is 13.7 Å². The van der Waals surface area contributed by atoms with Crippen LogP contribution in [0.15, 0.2) is 18.2 Å². The van der Waals surface area contributed by atoms with Crippen LogP contribution in [0.2, 0.25) is 0 Å². The molecule has 0 saturated carbocycles. The van der Waals surface area contributed by atoms with Crippen molar-refractivity contribution in [1.82, 2.24) is 0 Å². The second-order valence-corrected chi connectivity index (χ2v) is 4.66. The standard InChI is InChI=1S/C14H22O2/c1-10(9-16-4)7-14(15)13-6-5-11(2)12(3)8-13/h5-6,8,10,14-15H,7,9H2,1-4H3. The Morgan fingerprint density at radius 3 is 2.50 bits per heavy atom. The largest absolute Gasteiger partial charge is 0.388 e. The number of hydrogen-bond acceptors (Lipinski definition) is 2. The summed E-state index contributed by atoms with van der Waals surface area (Å²) in [6.07, 6.45) is 0.362. The molecule has 90 valence electrons. The van der Waals surface area contributed by atoms with Crippen LogP contribution in [0.3, 0.4) is 0 Å². The first-order valence-electron chi connectivity index (χ1n) is 5.78. The first kappa shape index (κ1) is 13.2. The molecule has 1 N–H and O–H groups in total. The van der Waals surface area contributed by atoms with E-state index in [1.807, 2.05) is 6.07 Å². The van der Waals surface area contributed by atoms with E-state index in [2.05, 4.69) is 32.9 Å². The van der Waals surface area contributed by atoms with Gasteiger partial charge in [0.15, 0.2) is 0 Å². The molecule has 1 rings (SSSR count). The summed E-state index contributed by atoms with van der Waals surface area (Å²) in [7, 11) is 1.69. The number of ether oxygens (including phenoxy) is 1. The van der Waals surface area contributed by atoms with Gasteiger partial charge in [0.2, 0.25) is 0 Å². The van der Waals surface area contributed by atoms with E-state index in [4.69, 9.17) is 4.74 Å². The van der Waals surface area contributed by atoms with Gasteiger partial charge in [-0.1, -0.05) is 25.1 Å². The van der Waals surface area contributed by atoms with E-state index in [0.29, 0.717) is 12.5 Å². The van der Waals surface area contributed by atoms with Gasteiger partial charge < -0.3 is 9.84 Å². The molecule has 0 saturated heterocycles. The number of aliphatic hydroxyl groups is 1. The molecule has 2 nitrogen and oxygen atoms in total. The van der Waals surface area contributed by atoms with Crippen LogP contribution in [-0.2, 0) is 4.74 Å². The van der Waals surface area contributed by atoms with Gasteiger partial charge in [-0.05, 0) is 42.9 Å². The Balaban J connectivity index is 2.65. The fourth-order valence-electron chi connectivity index (χ4n) is 1.84. The van der Waals surface area contributed by atoms with E-state index in [9.17, 15) is 5.11 Å². The molecule has 0 radical (unpaired) electrons. The molecule has 16 heavy (non-hydrogen) atoms. The fourth-order valence-corrected chi connectivity index (χ4v) is 1.84. The predicted octanol–water partition coefficient (Wildman–Crippen LogP) is 3.01. The van der Waals surface area contributed by atoms with Gasteiger partial charge in [0, 0.05) is 13.7 Å². The number of hydrogen-bond donors (Lipinski definition) is 1. The van der Waals surface area contributed by atoms with Gasteiger partial charge in [-0.15, -0.1) is 0 Å². The van der Waals surface area contributed by atoms with Crippen LogP contribution in [-0.4, -0.2) is 18.8 Å². The monoisotopic (exact) mass is 222 g/mol. The highest BCUT2D eigenvalue weighted by Crippen LogP contribution is 2.23. The van der Waals surface area contributed by atoms with Gasteiger partial charge in [-0.2, -0.15) is 0 Å². The summed E-state index contributed by atoms with van der Waals surface area (Å²) < 4.78 is 5.07.